The molecule has 1 heterocycles. The van der Waals surface area contributed by atoms with Crippen LogP contribution >= 0.6 is 0 Å². The number of rotatable bonds is 7. The Kier molecular flexibility index (Phi) is 7.99. The van der Waals surface area contributed by atoms with E-state index in [0.29, 0.717) is 12.4 Å². The van der Waals surface area contributed by atoms with E-state index >= 15 is 0 Å². The van der Waals surface area contributed by atoms with Gasteiger partial charge in [0.1, 0.15) is 12.4 Å². The number of amides is 3. The van der Waals surface area contributed by atoms with E-state index in [4.69, 9.17) is 5.10 Å². The van der Waals surface area contributed by atoms with Crippen molar-refractivity contribution in [1.29, 1.82) is 0 Å². The minimum Gasteiger partial charge on any atom is -0.315 e. The maximum atomic E-state index is 13.1. The third-order valence-electron chi connectivity index (χ3n) is 5.76. The number of anilines is 2. The lowest BCUT2D eigenvalue weighted by molar-refractivity contribution is -0.116. The molecule has 1 aromatic heterocycles. The van der Waals surface area contributed by atoms with E-state index in [0.717, 1.165) is 40.2 Å². The molecule has 0 aliphatic heterocycles. The molecule has 35 heavy (non-hydrogen) atoms. The SMILES string of the molecule is CCCN(CC(=O)Nc1cc(C(C)(C)C)nn1-c1ccc(C)cc1)C(=O)Nc1ccc(C)cc1C. The van der Waals surface area contributed by atoms with Crippen LogP contribution in [-0.4, -0.2) is 39.7 Å². The van der Waals surface area contributed by atoms with Crippen LogP contribution in [0.1, 0.15) is 56.5 Å². The van der Waals surface area contributed by atoms with E-state index in [9.17, 15) is 9.59 Å². The van der Waals surface area contributed by atoms with E-state index in [2.05, 4.69) is 31.4 Å². The monoisotopic (exact) mass is 475 g/mol. The number of aryl methyl sites for hydroxylation is 3. The van der Waals surface area contributed by atoms with E-state index in [-0.39, 0.29) is 23.9 Å². The Hall–Kier alpha value is -3.61. The molecule has 0 atom stereocenters. The molecule has 0 radical (unpaired) electrons. The molecule has 7 nitrogen and oxygen atoms in total. The van der Waals surface area contributed by atoms with E-state index in [1.165, 1.54) is 4.90 Å². The predicted molar refractivity (Wildman–Crippen MR) is 142 cm³/mol. The van der Waals surface area contributed by atoms with Gasteiger partial charge in [-0.15, -0.1) is 0 Å². The summed E-state index contributed by atoms with van der Waals surface area (Å²) >= 11 is 0. The summed E-state index contributed by atoms with van der Waals surface area (Å²) in [5.41, 5.74) is 5.55. The molecule has 0 unspecified atom stereocenters. The molecule has 0 bridgehead atoms. The number of nitrogens with one attached hydrogen (secondary N) is 2. The summed E-state index contributed by atoms with van der Waals surface area (Å²) in [6.07, 6.45) is 0.739. The van der Waals surface area contributed by atoms with Gasteiger partial charge in [0.15, 0.2) is 0 Å². The van der Waals surface area contributed by atoms with Crippen LogP contribution in [0.15, 0.2) is 48.5 Å². The van der Waals surface area contributed by atoms with Gasteiger partial charge < -0.3 is 15.5 Å². The first-order chi connectivity index (χ1) is 16.5. The van der Waals surface area contributed by atoms with Crippen LogP contribution in [0.25, 0.3) is 5.69 Å². The van der Waals surface area contributed by atoms with E-state index in [1.807, 2.05) is 76.2 Å². The first-order valence-electron chi connectivity index (χ1n) is 12.1. The van der Waals surface area contributed by atoms with Crippen LogP contribution in [0.5, 0.6) is 0 Å². The van der Waals surface area contributed by atoms with Gasteiger partial charge in [-0.1, -0.05) is 63.1 Å². The van der Waals surface area contributed by atoms with Gasteiger partial charge in [0.25, 0.3) is 0 Å². The predicted octanol–water partition coefficient (Wildman–Crippen LogP) is 5.98. The number of urea groups is 1. The summed E-state index contributed by atoms with van der Waals surface area (Å²) in [6, 6.07) is 15.5. The maximum Gasteiger partial charge on any atom is 0.322 e. The van der Waals surface area contributed by atoms with Crippen molar-refractivity contribution in [3.8, 4) is 5.69 Å². The lowest BCUT2D eigenvalue weighted by atomic mass is 9.92. The summed E-state index contributed by atoms with van der Waals surface area (Å²) < 4.78 is 1.75. The summed E-state index contributed by atoms with van der Waals surface area (Å²) in [6.45, 7) is 14.6. The smallest absolute Gasteiger partial charge is 0.315 e. The van der Waals surface area contributed by atoms with Gasteiger partial charge in [0.05, 0.1) is 11.4 Å². The molecule has 2 aromatic carbocycles. The number of hydrogen-bond donors (Lipinski definition) is 2. The highest BCUT2D eigenvalue weighted by atomic mass is 16.2. The summed E-state index contributed by atoms with van der Waals surface area (Å²) in [4.78, 5) is 27.6. The van der Waals surface area contributed by atoms with E-state index < -0.39 is 0 Å². The van der Waals surface area contributed by atoms with Gasteiger partial charge in [-0.3, -0.25) is 4.79 Å². The lowest BCUT2D eigenvalue weighted by Crippen LogP contribution is -2.41. The first kappa shape index (κ1) is 26.0. The minimum atomic E-state index is -0.295. The van der Waals surface area contributed by atoms with Gasteiger partial charge in [-0.2, -0.15) is 5.10 Å². The molecule has 0 saturated carbocycles. The second-order valence-electron chi connectivity index (χ2n) is 10.1. The molecule has 0 aliphatic rings. The van der Waals surface area contributed by atoms with Gasteiger partial charge in [-0.05, 0) is 51.0 Å². The fourth-order valence-corrected chi connectivity index (χ4v) is 3.75. The Morgan fingerprint density at radius 3 is 2.20 bits per heavy atom. The normalized spacial score (nSPS) is 11.3. The van der Waals surface area contributed by atoms with Crippen LogP contribution in [0.3, 0.4) is 0 Å². The fourth-order valence-electron chi connectivity index (χ4n) is 3.75. The van der Waals surface area contributed by atoms with Crippen LogP contribution < -0.4 is 10.6 Å². The third-order valence-corrected chi connectivity index (χ3v) is 5.76. The number of nitrogens with zero attached hydrogens (tertiary/aromatic N) is 3. The van der Waals surface area contributed by atoms with E-state index in [1.54, 1.807) is 4.68 Å². The standard InChI is InChI=1S/C28H37N5O2/c1-8-15-32(27(35)29-23-14-11-20(3)16-21(23)4)18-26(34)30-25-17-24(28(5,6)7)31-33(25)22-12-9-19(2)10-13-22/h9-14,16-17H,8,15,18H2,1-7H3,(H,29,35)(H,30,34). The van der Waals surface area contributed by atoms with Crippen LogP contribution in [-0.2, 0) is 10.2 Å². The van der Waals surface area contributed by atoms with Crippen molar-refractivity contribution in [2.75, 3.05) is 23.7 Å². The molecular weight excluding hydrogens is 438 g/mol. The Morgan fingerprint density at radius 1 is 0.943 bits per heavy atom. The number of carbonyl (C=O) groups excluding carboxylic acids is 2. The van der Waals surface area contributed by atoms with Crippen molar-refractivity contribution in [3.05, 3.63) is 70.9 Å². The number of carbonyl (C=O) groups is 2. The van der Waals surface area contributed by atoms with Gasteiger partial charge >= 0.3 is 6.03 Å². The van der Waals surface area contributed by atoms with Crippen molar-refractivity contribution in [3.63, 3.8) is 0 Å². The van der Waals surface area contributed by atoms with Crippen LogP contribution in [0, 0.1) is 20.8 Å². The Balaban J connectivity index is 1.80. The molecule has 3 amide bonds. The van der Waals surface area contributed by atoms with Crippen molar-refractivity contribution < 1.29 is 9.59 Å². The summed E-state index contributed by atoms with van der Waals surface area (Å²) in [5, 5.41) is 10.7. The Labute approximate surface area is 208 Å². The zero-order valence-corrected chi connectivity index (χ0v) is 21.9. The third kappa shape index (κ3) is 6.72. The molecule has 0 aliphatic carbocycles. The van der Waals surface area contributed by atoms with Crippen molar-refractivity contribution >= 4 is 23.4 Å². The van der Waals surface area contributed by atoms with Gasteiger partial charge in [0, 0.05) is 23.7 Å². The molecule has 7 heteroatoms. The molecule has 2 N–H and O–H groups in total. The highest BCUT2D eigenvalue weighted by Crippen LogP contribution is 2.26. The fraction of sp³-hybridized carbons (Fsp3) is 0.393. The molecule has 0 spiro atoms. The van der Waals surface area contributed by atoms with Crippen LogP contribution in [0.4, 0.5) is 16.3 Å². The highest BCUT2D eigenvalue weighted by molar-refractivity contribution is 5.97. The maximum absolute atomic E-state index is 13.1. The van der Waals surface area contributed by atoms with Crippen molar-refractivity contribution in [2.45, 2.75) is 60.3 Å². The Bertz CT molecular complexity index is 1190. The molecule has 0 saturated heterocycles. The molecule has 186 valence electrons. The highest BCUT2D eigenvalue weighted by Gasteiger charge is 2.23. The zero-order chi connectivity index (χ0) is 25.8. The number of hydrogen-bond acceptors (Lipinski definition) is 3. The zero-order valence-electron chi connectivity index (χ0n) is 21.9. The number of benzene rings is 2. The van der Waals surface area contributed by atoms with Gasteiger partial charge in [-0.25, -0.2) is 9.48 Å². The second-order valence-corrected chi connectivity index (χ2v) is 10.1. The van der Waals surface area contributed by atoms with Gasteiger partial charge in [0.2, 0.25) is 5.91 Å². The minimum absolute atomic E-state index is 0.0610. The average Bonchev–Trinajstić information content (AvgIpc) is 3.20. The quantitative estimate of drug-likeness (QED) is 0.441. The molecule has 3 rings (SSSR count). The molecule has 0 fully saturated rings. The summed E-state index contributed by atoms with van der Waals surface area (Å²) in [7, 11) is 0. The summed E-state index contributed by atoms with van der Waals surface area (Å²) in [5.74, 6) is 0.304. The first-order valence-corrected chi connectivity index (χ1v) is 12.1. The lowest BCUT2D eigenvalue weighted by Gasteiger charge is -2.23. The van der Waals surface area contributed by atoms with Crippen molar-refractivity contribution in [1.82, 2.24) is 14.7 Å². The average molecular weight is 476 g/mol. The Morgan fingerprint density at radius 2 is 1.60 bits per heavy atom. The largest absolute Gasteiger partial charge is 0.322 e. The second kappa shape index (κ2) is 10.8. The number of aromatic nitrogens is 2. The van der Waals surface area contributed by atoms with Crippen molar-refractivity contribution in [2.24, 2.45) is 0 Å². The van der Waals surface area contributed by atoms with Crippen LogP contribution in [0.2, 0.25) is 0 Å². The topological polar surface area (TPSA) is 79.3 Å². The molecule has 3 aromatic rings. The molecular formula is C28H37N5O2.